The second kappa shape index (κ2) is 6.15. The lowest BCUT2D eigenvalue weighted by molar-refractivity contribution is -0.227. The van der Waals surface area contributed by atoms with Crippen molar-refractivity contribution in [3.05, 3.63) is 48.0 Å². The molecule has 26 heavy (non-hydrogen) atoms. The van der Waals surface area contributed by atoms with E-state index in [4.69, 9.17) is 9.52 Å². The third-order valence-electron chi connectivity index (χ3n) is 4.45. The van der Waals surface area contributed by atoms with Gasteiger partial charge in [0.1, 0.15) is 11.6 Å². The van der Waals surface area contributed by atoms with Crippen LogP contribution in [0.5, 0.6) is 0 Å². The Labute approximate surface area is 144 Å². The molecule has 0 radical (unpaired) electrons. The number of carboxylic acids is 1. The molecule has 5 nitrogen and oxygen atoms in total. The zero-order chi connectivity index (χ0) is 19.1. The number of alkyl halides is 3. The highest BCUT2D eigenvalue weighted by molar-refractivity contribution is 5.93. The largest absolute Gasteiger partial charge is 0.481 e. The number of halogens is 4. The predicted molar refractivity (Wildman–Crippen MR) is 80.7 cm³/mol. The Morgan fingerprint density at radius 2 is 1.77 bits per heavy atom. The van der Waals surface area contributed by atoms with Gasteiger partial charge in [0.15, 0.2) is 11.2 Å². The van der Waals surface area contributed by atoms with Gasteiger partial charge in [0.2, 0.25) is 0 Å². The summed E-state index contributed by atoms with van der Waals surface area (Å²) in [7, 11) is 0. The van der Waals surface area contributed by atoms with Crippen LogP contribution in [-0.4, -0.2) is 41.1 Å². The normalized spacial score (nSPS) is 20.4. The van der Waals surface area contributed by atoms with Crippen LogP contribution in [0.3, 0.4) is 0 Å². The van der Waals surface area contributed by atoms with Gasteiger partial charge in [-0.3, -0.25) is 9.59 Å². The van der Waals surface area contributed by atoms with E-state index in [0.29, 0.717) is 5.56 Å². The van der Waals surface area contributed by atoms with Gasteiger partial charge >= 0.3 is 12.1 Å². The van der Waals surface area contributed by atoms with Crippen molar-refractivity contribution in [2.45, 2.75) is 12.6 Å². The SMILES string of the molecule is O=C(c1ccc(-c2ccc(F)cc2)o1)N1CCC(C(=O)O)(C(F)(F)F)C1. The number of aliphatic carboxylic acids is 1. The van der Waals surface area contributed by atoms with Gasteiger partial charge in [0.25, 0.3) is 5.91 Å². The van der Waals surface area contributed by atoms with Crippen molar-refractivity contribution in [1.82, 2.24) is 4.90 Å². The van der Waals surface area contributed by atoms with Gasteiger partial charge in [-0.25, -0.2) is 4.39 Å². The molecule has 0 aliphatic carbocycles. The average Bonchev–Trinajstić information content (AvgIpc) is 3.22. The summed E-state index contributed by atoms with van der Waals surface area (Å²) in [5.41, 5.74) is -2.49. The predicted octanol–water partition coefficient (Wildman–Crippen LogP) is 3.56. The number of nitrogens with zero attached hydrogens (tertiary/aromatic N) is 1. The molecule has 2 heterocycles. The van der Waals surface area contributed by atoms with Crippen LogP contribution in [0, 0.1) is 11.2 Å². The van der Waals surface area contributed by atoms with E-state index in [2.05, 4.69) is 0 Å². The molecule has 0 bridgehead atoms. The second-order valence-corrected chi connectivity index (χ2v) is 6.03. The van der Waals surface area contributed by atoms with Crippen LogP contribution < -0.4 is 0 Å². The van der Waals surface area contributed by atoms with Gasteiger partial charge in [-0.05, 0) is 42.8 Å². The Balaban J connectivity index is 1.81. The number of carbonyl (C=O) groups excluding carboxylic acids is 1. The molecule has 1 aliphatic heterocycles. The highest BCUT2D eigenvalue weighted by Crippen LogP contribution is 2.46. The second-order valence-electron chi connectivity index (χ2n) is 6.03. The summed E-state index contributed by atoms with van der Waals surface area (Å²) in [5, 5.41) is 9.03. The Hall–Kier alpha value is -2.84. The fourth-order valence-corrected chi connectivity index (χ4v) is 2.89. The maximum absolute atomic E-state index is 13.2. The molecule has 1 fully saturated rings. The highest BCUT2D eigenvalue weighted by atomic mass is 19.4. The molecule has 2 aromatic rings. The van der Waals surface area contributed by atoms with E-state index >= 15 is 0 Å². The van der Waals surface area contributed by atoms with Crippen LogP contribution in [0.15, 0.2) is 40.8 Å². The van der Waals surface area contributed by atoms with Gasteiger partial charge in [-0.15, -0.1) is 0 Å². The molecule has 0 spiro atoms. The fourth-order valence-electron chi connectivity index (χ4n) is 2.89. The summed E-state index contributed by atoms with van der Waals surface area (Å²) in [6.07, 6.45) is -5.70. The summed E-state index contributed by atoms with van der Waals surface area (Å²) < 4.78 is 57.9. The molecule has 1 N–H and O–H groups in total. The third-order valence-corrected chi connectivity index (χ3v) is 4.45. The lowest BCUT2D eigenvalue weighted by Gasteiger charge is -2.26. The molecule has 1 aromatic carbocycles. The van der Waals surface area contributed by atoms with E-state index in [-0.39, 0.29) is 18.1 Å². The van der Waals surface area contributed by atoms with Gasteiger partial charge in [-0.2, -0.15) is 13.2 Å². The lowest BCUT2D eigenvalue weighted by Crippen LogP contribution is -2.47. The van der Waals surface area contributed by atoms with Crippen LogP contribution in [0.2, 0.25) is 0 Å². The molecule has 9 heteroatoms. The Morgan fingerprint density at radius 3 is 2.31 bits per heavy atom. The minimum Gasteiger partial charge on any atom is -0.481 e. The molecule has 138 valence electrons. The van der Waals surface area contributed by atoms with E-state index in [1.807, 2.05) is 0 Å². The molecule has 0 saturated carbocycles. The van der Waals surface area contributed by atoms with Gasteiger partial charge in [0, 0.05) is 18.7 Å². The first kappa shape index (κ1) is 18.0. The van der Waals surface area contributed by atoms with Gasteiger partial charge in [0.05, 0.1) is 0 Å². The summed E-state index contributed by atoms with van der Waals surface area (Å²) >= 11 is 0. The standard InChI is InChI=1S/C17H13F4NO4/c18-11-3-1-10(2-4-11)12-5-6-13(26-12)14(23)22-8-7-16(9-22,15(24)25)17(19,20)21/h1-6H,7-9H2,(H,24,25). The van der Waals surface area contributed by atoms with Crippen molar-refractivity contribution in [2.24, 2.45) is 5.41 Å². The summed E-state index contributed by atoms with van der Waals surface area (Å²) in [6, 6.07) is 7.98. The summed E-state index contributed by atoms with van der Waals surface area (Å²) in [6.45, 7) is -1.32. The molecule has 1 amide bonds. The van der Waals surface area contributed by atoms with Crippen LogP contribution in [0.25, 0.3) is 11.3 Å². The monoisotopic (exact) mass is 371 g/mol. The number of hydrogen-bond acceptors (Lipinski definition) is 3. The molecule has 1 saturated heterocycles. The number of hydrogen-bond donors (Lipinski definition) is 1. The van der Waals surface area contributed by atoms with Gasteiger partial charge < -0.3 is 14.4 Å². The minimum absolute atomic E-state index is 0.215. The Bertz CT molecular complexity index is 843. The van der Waals surface area contributed by atoms with E-state index in [9.17, 15) is 27.2 Å². The minimum atomic E-state index is -4.98. The molecule has 1 aliphatic rings. The van der Waals surface area contributed by atoms with E-state index in [1.54, 1.807) is 0 Å². The van der Waals surface area contributed by atoms with Crippen molar-refractivity contribution in [2.75, 3.05) is 13.1 Å². The van der Waals surface area contributed by atoms with Gasteiger partial charge in [-0.1, -0.05) is 0 Å². The van der Waals surface area contributed by atoms with E-state index in [1.165, 1.54) is 36.4 Å². The van der Waals surface area contributed by atoms with Crippen LogP contribution >= 0.6 is 0 Å². The number of rotatable bonds is 3. The Morgan fingerprint density at radius 1 is 1.12 bits per heavy atom. The number of carbonyl (C=O) groups is 2. The number of amides is 1. The molecular weight excluding hydrogens is 358 g/mol. The first-order valence-corrected chi connectivity index (χ1v) is 7.59. The summed E-state index contributed by atoms with van der Waals surface area (Å²) in [4.78, 5) is 24.4. The van der Waals surface area contributed by atoms with E-state index < -0.39 is 42.3 Å². The topological polar surface area (TPSA) is 70.8 Å². The number of furan rings is 1. The number of benzene rings is 1. The van der Waals surface area contributed by atoms with Crippen molar-refractivity contribution in [1.29, 1.82) is 0 Å². The van der Waals surface area contributed by atoms with Crippen molar-refractivity contribution in [3.63, 3.8) is 0 Å². The summed E-state index contributed by atoms with van der Waals surface area (Å²) in [5.74, 6) is -3.26. The zero-order valence-electron chi connectivity index (χ0n) is 13.2. The molecule has 1 aromatic heterocycles. The van der Waals surface area contributed by atoms with Crippen molar-refractivity contribution >= 4 is 11.9 Å². The van der Waals surface area contributed by atoms with Crippen LogP contribution in [-0.2, 0) is 4.79 Å². The maximum atomic E-state index is 13.2. The number of carboxylic acid groups (broad SMARTS) is 1. The average molecular weight is 371 g/mol. The number of likely N-dealkylation sites (tertiary alicyclic amines) is 1. The first-order chi connectivity index (χ1) is 12.1. The first-order valence-electron chi connectivity index (χ1n) is 7.59. The maximum Gasteiger partial charge on any atom is 0.406 e. The molecule has 1 unspecified atom stereocenters. The Kier molecular flexibility index (Phi) is 4.25. The zero-order valence-corrected chi connectivity index (χ0v) is 13.2. The molecule has 1 atom stereocenters. The highest BCUT2D eigenvalue weighted by Gasteiger charge is 2.64. The van der Waals surface area contributed by atoms with Crippen LogP contribution in [0.1, 0.15) is 17.0 Å². The third kappa shape index (κ3) is 2.93. The lowest BCUT2D eigenvalue weighted by atomic mass is 9.86. The molecular formula is C17H13F4NO4. The molecule has 3 rings (SSSR count). The quantitative estimate of drug-likeness (QED) is 0.838. The van der Waals surface area contributed by atoms with Crippen molar-refractivity contribution in [3.8, 4) is 11.3 Å². The smallest absolute Gasteiger partial charge is 0.406 e. The van der Waals surface area contributed by atoms with Crippen LogP contribution in [0.4, 0.5) is 17.6 Å². The fraction of sp³-hybridized carbons (Fsp3) is 0.294. The van der Waals surface area contributed by atoms with E-state index in [0.717, 1.165) is 4.90 Å². The van der Waals surface area contributed by atoms with Crippen molar-refractivity contribution < 1.29 is 36.7 Å².